The van der Waals surface area contributed by atoms with Crippen LogP contribution in [0.3, 0.4) is 0 Å². The highest BCUT2D eigenvalue weighted by molar-refractivity contribution is 6.18. The molecule has 10 rings (SSSR count). The lowest BCUT2D eigenvalue weighted by Crippen LogP contribution is -2.01. The summed E-state index contributed by atoms with van der Waals surface area (Å²) in [6.45, 7) is 0. The van der Waals surface area contributed by atoms with E-state index in [2.05, 4.69) is 140 Å². The normalized spacial score (nSPS) is 11.7. The molecule has 0 saturated carbocycles. The fourth-order valence-corrected chi connectivity index (χ4v) is 7.15. The fourth-order valence-electron chi connectivity index (χ4n) is 7.15. The molecule has 4 heteroatoms. The first-order chi connectivity index (χ1) is 24.3. The van der Waals surface area contributed by atoms with E-state index >= 15 is 0 Å². The molecular weight excluding hydrogens is 599 g/mol. The van der Waals surface area contributed by atoms with Crippen LogP contribution in [0.1, 0.15) is 0 Å². The standard InChI is InChI=1S/C45H27N3O/c1-3-13-28(14-4-1)38-26-32(27-39-37-24-23-29-15-7-10-20-34(29)41(37)49-42(38)39)44-46-43(30-16-5-2-6-17-30)47-45(48-44)40-25-31-18-8-9-19-33(31)35-21-11-12-22-36(35)40/h1-27H. The SMILES string of the molecule is c1ccc(-c2nc(-c3cc(-c4ccccc4)c4oc5c6ccccc6ccc5c4c3)nc(-c3cc4ccccc4c4ccccc34)n2)cc1. The number of rotatable bonds is 4. The van der Waals surface area contributed by atoms with Crippen LogP contribution in [0, 0.1) is 0 Å². The Balaban J connectivity index is 1.29. The van der Waals surface area contributed by atoms with Crippen LogP contribution in [0.5, 0.6) is 0 Å². The largest absolute Gasteiger partial charge is 0.455 e. The van der Waals surface area contributed by atoms with E-state index in [0.717, 1.165) is 71.3 Å². The zero-order chi connectivity index (χ0) is 32.3. The predicted octanol–water partition coefficient (Wildman–Crippen LogP) is 11.9. The molecule has 0 atom stereocenters. The van der Waals surface area contributed by atoms with E-state index in [1.807, 2.05) is 24.3 Å². The Morgan fingerprint density at radius 1 is 0.306 bits per heavy atom. The van der Waals surface area contributed by atoms with E-state index in [-0.39, 0.29) is 0 Å². The Labute approximate surface area is 282 Å². The van der Waals surface area contributed by atoms with Gasteiger partial charge >= 0.3 is 0 Å². The monoisotopic (exact) mass is 625 g/mol. The maximum absolute atomic E-state index is 6.76. The molecule has 0 unspecified atom stereocenters. The van der Waals surface area contributed by atoms with Crippen molar-refractivity contribution in [3.63, 3.8) is 0 Å². The first kappa shape index (κ1) is 27.5. The maximum atomic E-state index is 6.76. The Bertz CT molecular complexity index is 2880. The first-order valence-electron chi connectivity index (χ1n) is 16.4. The molecule has 4 nitrogen and oxygen atoms in total. The minimum absolute atomic E-state index is 0.607. The number of fused-ring (bicyclic) bond motifs is 8. The minimum atomic E-state index is 0.607. The average molecular weight is 626 g/mol. The van der Waals surface area contributed by atoms with Crippen molar-refractivity contribution in [3.8, 4) is 45.3 Å². The van der Waals surface area contributed by atoms with Crippen LogP contribution in [0.2, 0.25) is 0 Å². The third-order valence-electron chi connectivity index (χ3n) is 9.48. The number of furan rings is 1. The summed E-state index contributed by atoms with van der Waals surface area (Å²) in [4.78, 5) is 15.5. The molecule has 49 heavy (non-hydrogen) atoms. The molecule has 0 N–H and O–H groups in total. The zero-order valence-electron chi connectivity index (χ0n) is 26.3. The molecule has 228 valence electrons. The highest BCUT2D eigenvalue weighted by Crippen LogP contribution is 2.42. The summed E-state index contributed by atoms with van der Waals surface area (Å²) in [5, 5.41) is 8.94. The van der Waals surface area contributed by atoms with Crippen LogP contribution < -0.4 is 0 Å². The second kappa shape index (κ2) is 11.0. The van der Waals surface area contributed by atoms with Gasteiger partial charge in [0.2, 0.25) is 0 Å². The minimum Gasteiger partial charge on any atom is -0.455 e. The number of hydrogen-bond acceptors (Lipinski definition) is 4. The highest BCUT2D eigenvalue weighted by Gasteiger charge is 2.20. The molecular formula is C45H27N3O. The van der Waals surface area contributed by atoms with Crippen LogP contribution >= 0.6 is 0 Å². The third kappa shape index (κ3) is 4.49. The molecule has 0 spiro atoms. The lowest BCUT2D eigenvalue weighted by molar-refractivity contribution is 0.674. The molecule has 0 amide bonds. The van der Waals surface area contributed by atoms with Gasteiger partial charge in [0.15, 0.2) is 17.5 Å². The summed E-state index contributed by atoms with van der Waals surface area (Å²) in [5.41, 5.74) is 6.59. The molecule has 2 aromatic heterocycles. The van der Waals surface area contributed by atoms with Crippen molar-refractivity contribution in [2.45, 2.75) is 0 Å². The Morgan fingerprint density at radius 3 is 1.67 bits per heavy atom. The summed E-state index contributed by atoms with van der Waals surface area (Å²) in [5.74, 6) is 1.87. The molecule has 0 aliphatic carbocycles. The van der Waals surface area contributed by atoms with Crippen molar-refractivity contribution in [2.75, 3.05) is 0 Å². The molecule has 0 bridgehead atoms. The van der Waals surface area contributed by atoms with E-state index in [0.29, 0.717) is 17.5 Å². The lowest BCUT2D eigenvalue weighted by Gasteiger charge is -2.13. The Morgan fingerprint density at radius 2 is 0.898 bits per heavy atom. The van der Waals surface area contributed by atoms with Gasteiger partial charge in [-0.15, -0.1) is 0 Å². The quantitative estimate of drug-likeness (QED) is 0.183. The van der Waals surface area contributed by atoms with Crippen molar-refractivity contribution < 1.29 is 4.42 Å². The first-order valence-corrected chi connectivity index (χ1v) is 16.4. The summed E-state index contributed by atoms with van der Waals surface area (Å²) < 4.78 is 6.76. The molecule has 2 heterocycles. The second-order valence-corrected chi connectivity index (χ2v) is 12.4. The van der Waals surface area contributed by atoms with Crippen LogP contribution in [0.25, 0.3) is 99.5 Å². The van der Waals surface area contributed by atoms with Gasteiger partial charge in [0.1, 0.15) is 11.2 Å². The van der Waals surface area contributed by atoms with E-state index in [4.69, 9.17) is 19.4 Å². The summed E-state index contributed by atoms with van der Waals surface area (Å²) in [6.07, 6.45) is 0. The third-order valence-corrected chi connectivity index (χ3v) is 9.48. The van der Waals surface area contributed by atoms with Crippen molar-refractivity contribution in [2.24, 2.45) is 0 Å². The number of hydrogen-bond donors (Lipinski definition) is 0. The van der Waals surface area contributed by atoms with E-state index in [1.54, 1.807) is 0 Å². The van der Waals surface area contributed by atoms with Crippen molar-refractivity contribution in [3.05, 3.63) is 164 Å². The molecule has 8 aromatic carbocycles. The van der Waals surface area contributed by atoms with Gasteiger partial charge in [0.05, 0.1) is 0 Å². The predicted molar refractivity (Wildman–Crippen MR) is 201 cm³/mol. The summed E-state index contributed by atoms with van der Waals surface area (Å²) in [7, 11) is 0. The number of benzene rings is 8. The van der Waals surface area contributed by atoms with Gasteiger partial charge in [-0.2, -0.15) is 0 Å². The van der Waals surface area contributed by atoms with E-state index < -0.39 is 0 Å². The molecule has 0 saturated heterocycles. The smallest absolute Gasteiger partial charge is 0.164 e. The Kier molecular flexibility index (Phi) is 6.15. The van der Waals surface area contributed by atoms with Gasteiger partial charge < -0.3 is 4.42 Å². The van der Waals surface area contributed by atoms with Gasteiger partial charge in [0.25, 0.3) is 0 Å². The fraction of sp³-hybridized carbons (Fsp3) is 0. The van der Waals surface area contributed by atoms with Gasteiger partial charge in [-0.3, -0.25) is 0 Å². The van der Waals surface area contributed by atoms with E-state index in [9.17, 15) is 0 Å². The number of aromatic nitrogens is 3. The van der Waals surface area contributed by atoms with Gasteiger partial charge in [-0.25, -0.2) is 15.0 Å². The molecule has 0 fully saturated rings. The van der Waals surface area contributed by atoms with Crippen LogP contribution in [-0.4, -0.2) is 15.0 Å². The molecule has 0 aliphatic heterocycles. The molecule has 10 aromatic rings. The molecule has 0 aliphatic rings. The van der Waals surface area contributed by atoms with Crippen molar-refractivity contribution in [1.82, 2.24) is 15.0 Å². The maximum Gasteiger partial charge on any atom is 0.164 e. The van der Waals surface area contributed by atoms with Gasteiger partial charge in [-0.1, -0.05) is 140 Å². The van der Waals surface area contributed by atoms with E-state index in [1.165, 1.54) is 10.8 Å². The van der Waals surface area contributed by atoms with Crippen molar-refractivity contribution >= 4 is 54.3 Å². The van der Waals surface area contributed by atoms with Gasteiger partial charge in [0, 0.05) is 38.4 Å². The van der Waals surface area contributed by atoms with Crippen LogP contribution in [-0.2, 0) is 0 Å². The average Bonchev–Trinajstić information content (AvgIpc) is 3.57. The Hall–Kier alpha value is -6.65. The topological polar surface area (TPSA) is 51.8 Å². The van der Waals surface area contributed by atoms with Crippen molar-refractivity contribution in [1.29, 1.82) is 0 Å². The summed E-state index contributed by atoms with van der Waals surface area (Å²) in [6, 6.07) is 56.8. The summed E-state index contributed by atoms with van der Waals surface area (Å²) >= 11 is 0. The van der Waals surface area contributed by atoms with Crippen LogP contribution in [0.15, 0.2) is 168 Å². The lowest BCUT2D eigenvalue weighted by atomic mass is 9.96. The number of nitrogens with zero attached hydrogens (tertiary/aromatic N) is 3. The molecule has 0 radical (unpaired) electrons. The zero-order valence-corrected chi connectivity index (χ0v) is 26.3. The second-order valence-electron chi connectivity index (χ2n) is 12.4. The van der Waals surface area contributed by atoms with Gasteiger partial charge in [-0.05, 0) is 56.8 Å². The highest BCUT2D eigenvalue weighted by atomic mass is 16.3. The van der Waals surface area contributed by atoms with Crippen LogP contribution in [0.4, 0.5) is 0 Å².